The Labute approximate surface area is 138 Å². The van der Waals surface area contributed by atoms with E-state index in [-0.39, 0.29) is 0 Å². The molecule has 1 rings (SSSR count). The highest BCUT2D eigenvalue weighted by Crippen LogP contribution is 2.08. The molecule has 0 heterocycles. The van der Waals surface area contributed by atoms with Gasteiger partial charge in [0.25, 0.3) is 0 Å². The number of hydrogen-bond acceptors (Lipinski definition) is 3. The monoisotopic (exact) mass is 406 g/mol. The number of hydrogen-bond donors (Lipinski definition) is 3. The van der Waals surface area contributed by atoms with Crippen LogP contribution in [0.15, 0.2) is 24.3 Å². The lowest BCUT2D eigenvalue weighted by atomic mass is 10.1. The van der Waals surface area contributed by atoms with Crippen molar-refractivity contribution in [1.82, 2.24) is 5.32 Å². The largest absolute Gasteiger partial charge is 0.480 e. The van der Waals surface area contributed by atoms with Crippen LogP contribution < -0.4 is 11.1 Å². The van der Waals surface area contributed by atoms with Gasteiger partial charge in [-0.1, -0.05) is 24.4 Å². The van der Waals surface area contributed by atoms with Crippen LogP contribution >= 0.6 is 34.8 Å². The van der Waals surface area contributed by atoms with Gasteiger partial charge in [0.1, 0.15) is 6.04 Å². The number of rotatable bonds is 8. The van der Waals surface area contributed by atoms with Crippen LogP contribution in [0.25, 0.3) is 0 Å². The summed E-state index contributed by atoms with van der Waals surface area (Å²) in [5.74, 6) is -0.953. The molecule has 0 aromatic heterocycles. The number of benzene rings is 1. The van der Waals surface area contributed by atoms with E-state index in [1.165, 1.54) is 9.13 Å². The maximum atomic E-state index is 10.5. The summed E-state index contributed by atoms with van der Waals surface area (Å²) in [5.41, 5.74) is 6.69. The van der Waals surface area contributed by atoms with Gasteiger partial charge in [-0.3, -0.25) is 4.79 Å². The van der Waals surface area contributed by atoms with E-state index >= 15 is 0 Å². The number of nitrogens with one attached hydrogen (secondary N) is 1. The molecule has 20 heavy (non-hydrogen) atoms. The van der Waals surface area contributed by atoms with Crippen molar-refractivity contribution in [3.05, 3.63) is 33.4 Å². The molecule has 0 aliphatic carbocycles. The van der Waals surface area contributed by atoms with Crippen molar-refractivity contribution in [2.24, 2.45) is 5.73 Å². The summed E-state index contributed by atoms with van der Waals surface area (Å²) in [5, 5.41) is 11.8. The second-order valence-electron chi connectivity index (χ2n) is 4.56. The second-order valence-corrected chi connectivity index (χ2v) is 6.30. The highest BCUT2D eigenvalue weighted by atomic mass is 127. The number of carboxylic acids is 1. The molecule has 1 aromatic carbocycles. The SMILES string of the molecule is N[C@@H](CCCNC(=S)CCc1ccc(I)cc1)C(=O)O. The zero-order valence-electron chi connectivity index (χ0n) is 11.1. The minimum absolute atomic E-state index is 0.460. The fourth-order valence-electron chi connectivity index (χ4n) is 1.67. The number of aryl methyl sites for hydroxylation is 1. The summed E-state index contributed by atoms with van der Waals surface area (Å²) in [7, 11) is 0. The highest BCUT2D eigenvalue weighted by molar-refractivity contribution is 14.1. The van der Waals surface area contributed by atoms with E-state index in [0.717, 1.165) is 17.8 Å². The molecule has 0 unspecified atom stereocenters. The molecule has 6 heteroatoms. The molecular formula is C14H19IN2O2S. The van der Waals surface area contributed by atoms with Gasteiger partial charge in [0, 0.05) is 16.5 Å². The van der Waals surface area contributed by atoms with Crippen LogP contribution in [0.2, 0.25) is 0 Å². The minimum atomic E-state index is -0.953. The molecule has 0 bridgehead atoms. The molecule has 1 atom stereocenters. The van der Waals surface area contributed by atoms with E-state index in [1.54, 1.807) is 0 Å². The van der Waals surface area contributed by atoms with Gasteiger partial charge in [-0.05, 0) is 59.5 Å². The summed E-state index contributed by atoms with van der Waals surface area (Å²) < 4.78 is 1.22. The number of carboxylic acid groups (broad SMARTS) is 1. The summed E-state index contributed by atoms with van der Waals surface area (Å²) in [4.78, 5) is 11.4. The number of carbonyl (C=O) groups is 1. The molecule has 0 fully saturated rings. The van der Waals surface area contributed by atoms with E-state index < -0.39 is 12.0 Å². The molecule has 110 valence electrons. The third-order valence-corrected chi connectivity index (χ3v) is 3.95. The van der Waals surface area contributed by atoms with Gasteiger partial charge in [0.05, 0.1) is 4.99 Å². The molecule has 4 nitrogen and oxygen atoms in total. The van der Waals surface area contributed by atoms with E-state index in [2.05, 4.69) is 52.2 Å². The standard InChI is InChI=1S/C14H19IN2O2S/c15-11-6-3-10(4-7-11)5-8-13(20)17-9-1-2-12(16)14(18)19/h3-4,6-7,12H,1-2,5,8-9,16H2,(H,17,20)(H,18,19)/t12-/m0/s1. The Balaban J connectivity index is 2.14. The zero-order chi connectivity index (χ0) is 15.0. The van der Waals surface area contributed by atoms with Crippen LogP contribution in [0.1, 0.15) is 24.8 Å². The van der Waals surface area contributed by atoms with Crippen molar-refractivity contribution < 1.29 is 9.90 Å². The number of aliphatic carboxylic acids is 1. The molecule has 0 spiro atoms. The third-order valence-electron chi connectivity index (χ3n) is 2.89. The lowest BCUT2D eigenvalue weighted by molar-refractivity contribution is -0.138. The topological polar surface area (TPSA) is 75.3 Å². The first-order valence-electron chi connectivity index (χ1n) is 6.48. The Kier molecular flexibility index (Phi) is 8.01. The molecule has 0 aliphatic rings. The minimum Gasteiger partial charge on any atom is -0.480 e. The Morgan fingerprint density at radius 2 is 2.05 bits per heavy atom. The molecule has 0 saturated heterocycles. The number of thiocarbonyl (C=S) groups is 1. The van der Waals surface area contributed by atoms with E-state index in [0.29, 0.717) is 19.4 Å². The summed E-state index contributed by atoms with van der Waals surface area (Å²) in [6.45, 7) is 0.673. The molecule has 0 radical (unpaired) electrons. The highest BCUT2D eigenvalue weighted by Gasteiger charge is 2.10. The van der Waals surface area contributed by atoms with Crippen LogP contribution in [0.5, 0.6) is 0 Å². The maximum Gasteiger partial charge on any atom is 0.320 e. The van der Waals surface area contributed by atoms with Crippen LogP contribution in [0.3, 0.4) is 0 Å². The Morgan fingerprint density at radius 3 is 2.65 bits per heavy atom. The van der Waals surface area contributed by atoms with Crippen molar-refractivity contribution >= 4 is 45.8 Å². The Bertz CT molecular complexity index is 451. The smallest absolute Gasteiger partial charge is 0.320 e. The summed E-state index contributed by atoms with van der Waals surface area (Å²) >= 11 is 7.53. The fourth-order valence-corrected chi connectivity index (χ4v) is 2.23. The number of nitrogens with two attached hydrogens (primary N) is 1. The Morgan fingerprint density at radius 1 is 1.40 bits per heavy atom. The second kappa shape index (κ2) is 9.25. The third kappa shape index (κ3) is 7.16. The summed E-state index contributed by atoms with van der Waals surface area (Å²) in [6, 6.07) is 7.60. The van der Waals surface area contributed by atoms with Gasteiger partial charge < -0.3 is 16.2 Å². The van der Waals surface area contributed by atoms with Gasteiger partial charge in [0.15, 0.2) is 0 Å². The molecule has 0 amide bonds. The Hall–Kier alpha value is -0.730. The lowest BCUT2D eigenvalue weighted by Crippen LogP contribution is -2.31. The van der Waals surface area contributed by atoms with Crippen LogP contribution in [-0.2, 0) is 11.2 Å². The zero-order valence-corrected chi connectivity index (χ0v) is 14.1. The van der Waals surface area contributed by atoms with Crippen LogP contribution in [0.4, 0.5) is 0 Å². The van der Waals surface area contributed by atoms with Gasteiger partial charge in [-0.2, -0.15) is 0 Å². The van der Waals surface area contributed by atoms with Crippen molar-refractivity contribution in [1.29, 1.82) is 0 Å². The maximum absolute atomic E-state index is 10.5. The van der Waals surface area contributed by atoms with Crippen molar-refractivity contribution in [2.75, 3.05) is 6.54 Å². The van der Waals surface area contributed by atoms with Crippen LogP contribution in [-0.4, -0.2) is 28.7 Å². The van der Waals surface area contributed by atoms with Crippen molar-refractivity contribution in [3.63, 3.8) is 0 Å². The molecule has 0 aliphatic heterocycles. The van der Waals surface area contributed by atoms with Crippen molar-refractivity contribution in [2.45, 2.75) is 31.7 Å². The first-order chi connectivity index (χ1) is 9.49. The molecule has 4 N–H and O–H groups in total. The van der Waals surface area contributed by atoms with E-state index in [1.807, 2.05) is 0 Å². The normalized spacial score (nSPS) is 11.9. The first kappa shape index (κ1) is 17.3. The van der Waals surface area contributed by atoms with Gasteiger partial charge in [-0.25, -0.2) is 0 Å². The van der Waals surface area contributed by atoms with Gasteiger partial charge in [-0.15, -0.1) is 0 Å². The number of halogens is 1. The first-order valence-corrected chi connectivity index (χ1v) is 7.97. The van der Waals surface area contributed by atoms with E-state index in [9.17, 15) is 4.79 Å². The van der Waals surface area contributed by atoms with Gasteiger partial charge in [0.2, 0.25) is 0 Å². The fraction of sp³-hybridized carbons (Fsp3) is 0.429. The predicted octanol–water partition coefficient (Wildman–Crippen LogP) is 2.33. The van der Waals surface area contributed by atoms with E-state index in [4.69, 9.17) is 23.1 Å². The van der Waals surface area contributed by atoms with Crippen LogP contribution in [0, 0.1) is 3.57 Å². The molecule has 1 aromatic rings. The average Bonchev–Trinajstić information content (AvgIpc) is 2.42. The molecular weight excluding hydrogens is 387 g/mol. The quantitative estimate of drug-likeness (QED) is 0.351. The molecule has 0 saturated carbocycles. The predicted molar refractivity (Wildman–Crippen MR) is 92.9 cm³/mol. The summed E-state index contributed by atoms with van der Waals surface area (Å²) in [6.07, 6.45) is 2.89. The van der Waals surface area contributed by atoms with Crippen molar-refractivity contribution in [3.8, 4) is 0 Å². The average molecular weight is 406 g/mol. The lowest BCUT2D eigenvalue weighted by Gasteiger charge is -2.09. The van der Waals surface area contributed by atoms with Gasteiger partial charge >= 0.3 is 5.97 Å².